The summed E-state index contributed by atoms with van der Waals surface area (Å²) in [4.78, 5) is 5.23. The van der Waals surface area contributed by atoms with Crippen LogP contribution in [0, 0.1) is 0 Å². The van der Waals surface area contributed by atoms with Crippen molar-refractivity contribution in [2.75, 3.05) is 16.2 Å². The van der Waals surface area contributed by atoms with Crippen molar-refractivity contribution in [3.8, 4) is 0 Å². The lowest BCUT2D eigenvalue weighted by atomic mass is 9.55. The van der Waals surface area contributed by atoms with Crippen molar-refractivity contribution < 1.29 is 0 Å². The summed E-state index contributed by atoms with van der Waals surface area (Å²) in [6.07, 6.45) is 3.71. The molecular weight excluding hydrogens is 306 g/mol. The first-order valence-electron chi connectivity index (χ1n) is 9.53. The third-order valence-electron chi connectivity index (χ3n) is 6.07. The Kier molecular flexibility index (Phi) is 3.91. The number of rotatable bonds is 3. The van der Waals surface area contributed by atoms with Crippen LogP contribution in [0.2, 0.25) is 13.6 Å². The molecule has 4 rings (SSSR count). The molecule has 1 saturated heterocycles. The van der Waals surface area contributed by atoms with Crippen molar-refractivity contribution in [1.82, 2.24) is 9.29 Å². The van der Waals surface area contributed by atoms with Crippen LogP contribution in [0.15, 0.2) is 48.7 Å². The van der Waals surface area contributed by atoms with Crippen LogP contribution in [0.5, 0.6) is 0 Å². The number of hydrogen-bond acceptors (Lipinski definition) is 3. The molecule has 1 atom stereocenters. The highest BCUT2D eigenvalue weighted by atomic mass is 15.5. The van der Waals surface area contributed by atoms with E-state index >= 15 is 0 Å². The molecule has 2 aliphatic rings. The summed E-state index contributed by atoms with van der Waals surface area (Å²) in [6.45, 7) is 13.6. The molecule has 2 aromatic rings. The summed E-state index contributed by atoms with van der Waals surface area (Å²) in [7, 11) is 0. The van der Waals surface area contributed by atoms with Crippen molar-refractivity contribution >= 4 is 25.5 Å². The summed E-state index contributed by atoms with van der Waals surface area (Å²) in [6, 6.07) is 15.3. The van der Waals surface area contributed by atoms with Gasteiger partial charge < -0.3 is 18.9 Å². The normalized spacial score (nSPS) is 22.4. The van der Waals surface area contributed by atoms with Gasteiger partial charge in [-0.3, -0.25) is 0 Å². The lowest BCUT2D eigenvalue weighted by Crippen LogP contribution is -2.76. The van der Waals surface area contributed by atoms with Crippen LogP contribution >= 0.6 is 0 Å². The van der Waals surface area contributed by atoms with E-state index in [1.165, 1.54) is 17.9 Å². The summed E-state index contributed by atoms with van der Waals surface area (Å²) in [5.74, 6) is 1.33. The molecule has 1 aromatic carbocycles. The number of benzene rings is 1. The van der Waals surface area contributed by atoms with Crippen LogP contribution in [0.1, 0.15) is 27.2 Å². The van der Waals surface area contributed by atoms with Gasteiger partial charge in [-0.1, -0.05) is 38.8 Å². The minimum Gasteiger partial charge on any atom is -0.381 e. The fourth-order valence-electron chi connectivity index (χ4n) is 4.95. The summed E-state index contributed by atoms with van der Waals surface area (Å²) < 4.78 is 5.08. The van der Waals surface area contributed by atoms with Gasteiger partial charge in [0.05, 0.1) is 11.4 Å². The lowest BCUT2D eigenvalue weighted by molar-refractivity contribution is 0.326. The van der Waals surface area contributed by atoms with Gasteiger partial charge in [-0.05, 0) is 51.1 Å². The van der Waals surface area contributed by atoms with Crippen molar-refractivity contribution in [2.45, 2.75) is 52.5 Å². The second-order valence-electron chi connectivity index (χ2n) is 7.92. The van der Waals surface area contributed by atoms with E-state index in [0.29, 0.717) is 20.1 Å². The fourth-order valence-corrected chi connectivity index (χ4v) is 4.95. The maximum Gasteiger partial charge on any atom is 0.332 e. The Hall–Kier alpha value is -1.81. The topological polar surface area (TPSA) is 14.7 Å². The number of aromatic nitrogens is 1. The van der Waals surface area contributed by atoms with E-state index < -0.39 is 0 Å². The van der Waals surface area contributed by atoms with Crippen molar-refractivity contribution in [2.24, 2.45) is 0 Å². The molecule has 0 bridgehead atoms. The zero-order valence-electron chi connectivity index (χ0n) is 16.1. The minimum absolute atomic E-state index is 0.00942. The first-order valence-corrected chi connectivity index (χ1v) is 9.53. The number of hydrogen-bond donors (Lipinski definition) is 0. The van der Waals surface area contributed by atoms with Gasteiger partial charge in [0.1, 0.15) is 6.17 Å². The average molecular weight is 334 g/mol. The van der Waals surface area contributed by atoms with E-state index in [-0.39, 0.29) is 5.54 Å². The molecule has 1 aromatic heterocycles. The first-order chi connectivity index (χ1) is 12.0. The largest absolute Gasteiger partial charge is 0.381 e. The van der Waals surface area contributed by atoms with Crippen LogP contribution in [-0.2, 0) is 5.54 Å². The Labute approximate surface area is 152 Å². The Balaban J connectivity index is 1.87. The highest BCUT2D eigenvalue weighted by molar-refractivity contribution is 6.77. The molecule has 3 heterocycles. The molecule has 0 radical (unpaired) electrons. The maximum absolute atomic E-state index is 2.63. The quantitative estimate of drug-likeness (QED) is 0.793. The fraction of sp³-hybridized carbons (Fsp3) is 0.474. The first kappa shape index (κ1) is 16.6. The van der Waals surface area contributed by atoms with Crippen molar-refractivity contribution in [1.29, 1.82) is 0 Å². The molecule has 0 amide bonds. The maximum atomic E-state index is 2.63. The molecule has 1 fully saturated rings. The zero-order valence-corrected chi connectivity index (χ0v) is 16.1. The second kappa shape index (κ2) is 5.87. The Bertz CT molecular complexity index is 745. The van der Waals surface area contributed by atoms with Gasteiger partial charge >= 0.3 is 14.0 Å². The molecule has 0 saturated carbocycles. The van der Waals surface area contributed by atoms with Crippen molar-refractivity contribution in [3.05, 3.63) is 48.7 Å². The van der Waals surface area contributed by atoms with Crippen LogP contribution in [0.4, 0.5) is 11.5 Å². The van der Waals surface area contributed by atoms with Gasteiger partial charge in [-0.15, -0.1) is 0 Å². The standard InChI is InChI=1S/C19H28B2N4/c1-6-14-23-20(4)24(16-11-8-7-9-12-16)18-19(2,3)22-15-10-13-17(22)25(18)21(23)5/h7-13,15,18H,6,14H2,1-5H3. The minimum atomic E-state index is 0.00942. The zero-order chi connectivity index (χ0) is 17.8. The number of para-hydroxylation sites is 1. The molecular formula is C19H28B2N4. The smallest absolute Gasteiger partial charge is 0.332 e. The van der Waals surface area contributed by atoms with E-state index in [9.17, 15) is 0 Å². The molecule has 25 heavy (non-hydrogen) atoms. The highest BCUT2D eigenvalue weighted by Crippen LogP contribution is 2.45. The molecule has 6 heteroatoms. The Morgan fingerprint density at radius 3 is 2.32 bits per heavy atom. The van der Waals surface area contributed by atoms with Crippen LogP contribution in [-0.4, -0.2) is 36.0 Å². The predicted molar refractivity (Wildman–Crippen MR) is 109 cm³/mol. The van der Waals surface area contributed by atoms with Crippen LogP contribution < -0.4 is 9.62 Å². The number of fused-ring (bicyclic) bond motifs is 3. The van der Waals surface area contributed by atoms with E-state index in [0.717, 1.165) is 6.54 Å². The van der Waals surface area contributed by atoms with Crippen LogP contribution in [0.3, 0.4) is 0 Å². The van der Waals surface area contributed by atoms with Crippen LogP contribution in [0.25, 0.3) is 0 Å². The molecule has 0 spiro atoms. The summed E-state index contributed by atoms with van der Waals surface area (Å²) in [5.41, 5.74) is 1.31. The highest BCUT2D eigenvalue weighted by Gasteiger charge is 2.56. The van der Waals surface area contributed by atoms with Gasteiger partial charge in [0.15, 0.2) is 0 Å². The third-order valence-corrected chi connectivity index (χ3v) is 6.07. The predicted octanol–water partition coefficient (Wildman–Crippen LogP) is 3.84. The van der Waals surface area contributed by atoms with Gasteiger partial charge in [-0.25, -0.2) is 0 Å². The summed E-state index contributed by atoms with van der Waals surface area (Å²) in [5, 5.41) is 0. The Morgan fingerprint density at radius 1 is 0.960 bits per heavy atom. The molecule has 130 valence electrons. The average Bonchev–Trinajstić information content (AvgIpc) is 3.15. The number of anilines is 2. The van der Waals surface area contributed by atoms with Gasteiger partial charge in [0, 0.05) is 11.9 Å². The monoisotopic (exact) mass is 334 g/mol. The molecule has 4 nitrogen and oxygen atoms in total. The summed E-state index contributed by atoms with van der Waals surface area (Å²) >= 11 is 0. The van der Waals surface area contributed by atoms with Gasteiger partial charge in [-0.2, -0.15) is 0 Å². The molecule has 0 N–H and O–H groups in total. The van der Waals surface area contributed by atoms with E-state index in [1.807, 2.05) is 0 Å². The van der Waals surface area contributed by atoms with Gasteiger partial charge in [0.25, 0.3) is 0 Å². The molecule has 2 aliphatic heterocycles. The van der Waals surface area contributed by atoms with Crippen molar-refractivity contribution in [3.63, 3.8) is 0 Å². The van der Waals surface area contributed by atoms with E-state index in [4.69, 9.17) is 0 Å². The lowest BCUT2D eigenvalue weighted by Gasteiger charge is -2.56. The number of nitrogens with zero attached hydrogens (tertiary/aromatic N) is 4. The van der Waals surface area contributed by atoms with E-state index in [2.05, 4.69) is 102 Å². The SMILES string of the molecule is CCCN1B(C)N(c2ccccc2)C2N(B1C)c1cccn1C2(C)C. The Morgan fingerprint density at radius 2 is 1.64 bits per heavy atom. The molecule has 0 aliphatic carbocycles. The molecule has 1 unspecified atom stereocenters. The van der Waals surface area contributed by atoms with E-state index in [1.54, 1.807) is 0 Å². The second-order valence-corrected chi connectivity index (χ2v) is 7.92. The third kappa shape index (κ3) is 2.27. The van der Waals surface area contributed by atoms with Gasteiger partial charge in [0.2, 0.25) is 0 Å².